The van der Waals surface area contributed by atoms with Gasteiger partial charge in [-0.2, -0.15) is 0 Å². The highest BCUT2D eigenvalue weighted by Crippen LogP contribution is 2.27. The highest BCUT2D eigenvalue weighted by atomic mass is 16.5. The lowest BCUT2D eigenvalue weighted by molar-refractivity contribution is -0.134. The lowest BCUT2D eigenvalue weighted by atomic mass is 10.0. The molecule has 0 aliphatic carbocycles. The van der Waals surface area contributed by atoms with E-state index in [9.17, 15) is 9.59 Å². The maximum Gasteiger partial charge on any atom is 0.331 e. The molecule has 2 rings (SSSR count). The summed E-state index contributed by atoms with van der Waals surface area (Å²) in [4.78, 5) is 23.1. The molecule has 0 aliphatic rings. The molecule has 1 aromatic carbocycles. The van der Waals surface area contributed by atoms with Crippen LogP contribution in [-0.2, 0) is 9.53 Å². The van der Waals surface area contributed by atoms with Crippen LogP contribution in [0.25, 0.3) is 5.57 Å². The monoisotopic (exact) mass is 284 g/mol. The highest BCUT2D eigenvalue weighted by molar-refractivity contribution is 5.98. The summed E-state index contributed by atoms with van der Waals surface area (Å²) in [6, 6.07) is 11.0. The molecule has 1 heterocycles. The van der Waals surface area contributed by atoms with Crippen LogP contribution in [0.5, 0.6) is 0 Å². The van der Waals surface area contributed by atoms with Crippen molar-refractivity contribution in [3.8, 4) is 0 Å². The third-order valence-corrected chi connectivity index (χ3v) is 3.11. The van der Waals surface area contributed by atoms with Crippen molar-refractivity contribution in [2.45, 2.75) is 13.8 Å². The van der Waals surface area contributed by atoms with E-state index in [1.807, 2.05) is 30.3 Å². The summed E-state index contributed by atoms with van der Waals surface area (Å²) < 4.78 is 10.3. The van der Waals surface area contributed by atoms with Gasteiger partial charge in [0.25, 0.3) is 0 Å². The number of esters is 1. The first-order valence-electron chi connectivity index (χ1n) is 6.49. The Morgan fingerprint density at radius 3 is 2.38 bits per heavy atom. The summed E-state index contributed by atoms with van der Waals surface area (Å²) in [6.45, 7) is 3.20. The summed E-state index contributed by atoms with van der Waals surface area (Å²) in [7, 11) is 1.32. The van der Waals surface area contributed by atoms with Gasteiger partial charge in [-0.1, -0.05) is 30.3 Å². The third-order valence-electron chi connectivity index (χ3n) is 3.11. The number of hydrogen-bond acceptors (Lipinski definition) is 4. The Bertz CT molecular complexity index is 693. The second kappa shape index (κ2) is 6.22. The van der Waals surface area contributed by atoms with Crippen LogP contribution in [0.2, 0.25) is 0 Å². The Labute approximate surface area is 123 Å². The summed E-state index contributed by atoms with van der Waals surface area (Å²) in [6.07, 6.45) is 1.36. The number of benzene rings is 1. The Kier molecular flexibility index (Phi) is 4.38. The molecule has 0 saturated carbocycles. The number of hydrogen-bond donors (Lipinski definition) is 0. The number of carbonyl (C=O) groups excluding carboxylic acids is 2. The number of ketones is 1. The summed E-state index contributed by atoms with van der Waals surface area (Å²) in [5.41, 5.74) is 1.90. The highest BCUT2D eigenvalue weighted by Gasteiger charge is 2.16. The molecule has 0 radical (unpaired) electrons. The molecule has 0 saturated heterocycles. The maximum absolute atomic E-state index is 11.6. The molecule has 4 heteroatoms. The van der Waals surface area contributed by atoms with Crippen molar-refractivity contribution < 1.29 is 18.7 Å². The van der Waals surface area contributed by atoms with E-state index < -0.39 is 5.97 Å². The molecule has 2 aromatic rings. The van der Waals surface area contributed by atoms with E-state index in [4.69, 9.17) is 4.42 Å². The van der Waals surface area contributed by atoms with Crippen LogP contribution in [0.1, 0.15) is 34.4 Å². The Hall–Kier alpha value is -2.62. The van der Waals surface area contributed by atoms with Gasteiger partial charge in [-0.15, -0.1) is 0 Å². The van der Waals surface area contributed by atoms with Crippen molar-refractivity contribution in [1.29, 1.82) is 0 Å². The van der Waals surface area contributed by atoms with Crippen LogP contribution in [0.15, 0.2) is 46.9 Å². The number of methoxy groups -OCH3 is 1. The van der Waals surface area contributed by atoms with Crippen molar-refractivity contribution in [1.82, 2.24) is 0 Å². The van der Waals surface area contributed by atoms with Gasteiger partial charge in [0.2, 0.25) is 0 Å². The fraction of sp³-hybridized carbons (Fsp3) is 0.176. The molecule has 4 nitrogen and oxygen atoms in total. The van der Waals surface area contributed by atoms with Crippen LogP contribution in [0, 0.1) is 6.92 Å². The standard InChI is InChI=1S/C17H16O4/c1-11(18)14-9-16(21-12(14)2)15(10-17(19)20-3)13-7-5-4-6-8-13/h4-10H,1-3H3/b15-10+. The van der Waals surface area contributed by atoms with E-state index in [1.54, 1.807) is 13.0 Å². The average molecular weight is 284 g/mol. The number of carbonyl (C=O) groups is 2. The summed E-state index contributed by atoms with van der Waals surface area (Å²) in [5.74, 6) is 0.443. The minimum atomic E-state index is -0.479. The Balaban J connectivity index is 2.56. The molecule has 0 spiro atoms. The van der Waals surface area contributed by atoms with E-state index >= 15 is 0 Å². The topological polar surface area (TPSA) is 56.5 Å². The van der Waals surface area contributed by atoms with Crippen molar-refractivity contribution in [2.24, 2.45) is 0 Å². The van der Waals surface area contributed by atoms with E-state index in [0.29, 0.717) is 22.7 Å². The smallest absolute Gasteiger partial charge is 0.331 e. The number of Topliss-reactive ketones (excluding diaryl/α,β-unsaturated/α-hetero) is 1. The SMILES string of the molecule is COC(=O)/C=C(\c1ccccc1)c1cc(C(C)=O)c(C)o1. The van der Waals surface area contributed by atoms with E-state index in [-0.39, 0.29) is 5.78 Å². The lowest BCUT2D eigenvalue weighted by Gasteiger charge is -2.04. The van der Waals surface area contributed by atoms with E-state index in [0.717, 1.165) is 5.56 Å². The van der Waals surface area contributed by atoms with Crippen molar-refractivity contribution >= 4 is 17.3 Å². The zero-order valence-electron chi connectivity index (χ0n) is 12.2. The average Bonchev–Trinajstić information content (AvgIpc) is 2.87. The summed E-state index contributed by atoms with van der Waals surface area (Å²) in [5, 5.41) is 0. The van der Waals surface area contributed by atoms with E-state index in [2.05, 4.69) is 4.74 Å². The van der Waals surface area contributed by atoms with Gasteiger partial charge in [0, 0.05) is 11.6 Å². The van der Waals surface area contributed by atoms with Crippen LogP contribution in [-0.4, -0.2) is 18.9 Å². The fourth-order valence-electron chi connectivity index (χ4n) is 2.06. The van der Waals surface area contributed by atoms with Crippen molar-refractivity contribution in [3.63, 3.8) is 0 Å². The van der Waals surface area contributed by atoms with Gasteiger partial charge >= 0.3 is 5.97 Å². The normalized spacial score (nSPS) is 11.3. The van der Waals surface area contributed by atoms with Crippen LogP contribution < -0.4 is 0 Å². The molecule has 0 unspecified atom stereocenters. The number of aryl methyl sites for hydroxylation is 1. The minimum Gasteiger partial charge on any atom is -0.466 e. The first kappa shape index (κ1) is 14.8. The Morgan fingerprint density at radius 1 is 1.19 bits per heavy atom. The van der Waals surface area contributed by atoms with Gasteiger partial charge < -0.3 is 9.15 Å². The predicted octanol–water partition coefficient (Wildman–Crippen LogP) is 3.40. The van der Waals surface area contributed by atoms with Gasteiger partial charge in [0.15, 0.2) is 5.78 Å². The fourth-order valence-corrected chi connectivity index (χ4v) is 2.06. The molecule has 0 aliphatic heterocycles. The number of furan rings is 1. The van der Waals surface area contributed by atoms with Crippen LogP contribution >= 0.6 is 0 Å². The minimum absolute atomic E-state index is 0.0759. The summed E-state index contributed by atoms with van der Waals surface area (Å²) >= 11 is 0. The van der Waals surface area contributed by atoms with Gasteiger partial charge in [-0.25, -0.2) is 4.79 Å². The van der Waals surface area contributed by atoms with Gasteiger partial charge in [0.1, 0.15) is 11.5 Å². The molecule has 108 valence electrons. The molecule has 0 bridgehead atoms. The molecule has 0 N–H and O–H groups in total. The molecule has 0 fully saturated rings. The second-order valence-electron chi connectivity index (χ2n) is 4.58. The predicted molar refractivity (Wildman–Crippen MR) is 79.0 cm³/mol. The quantitative estimate of drug-likeness (QED) is 0.490. The van der Waals surface area contributed by atoms with Crippen molar-refractivity contribution in [2.75, 3.05) is 7.11 Å². The van der Waals surface area contributed by atoms with Crippen LogP contribution in [0.3, 0.4) is 0 Å². The van der Waals surface area contributed by atoms with Crippen molar-refractivity contribution in [3.05, 3.63) is 65.1 Å². The zero-order valence-corrected chi connectivity index (χ0v) is 12.2. The molecular weight excluding hydrogens is 268 g/mol. The number of rotatable bonds is 4. The molecule has 21 heavy (non-hydrogen) atoms. The molecule has 0 atom stereocenters. The maximum atomic E-state index is 11.6. The number of ether oxygens (including phenoxy) is 1. The van der Waals surface area contributed by atoms with Gasteiger partial charge in [0.05, 0.1) is 12.7 Å². The first-order chi connectivity index (χ1) is 10.0. The van der Waals surface area contributed by atoms with E-state index in [1.165, 1.54) is 20.1 Å². The lowest BCUT2D eigenvalue weighted by Crippen LogP contribution is -1.98. The molecular formula is C17H16O4. The third kappa shape index (κ3) is 3.28. The van der Waals surface area contributed by atoms with Gasteiger partial charge in [-0.05, 0) is 25.5 Å². The van der Waals surface area contributed by atoms with Gasteiger partial charge in [-0.3, -0.25) is 4.79 Å². The zero-order chi connectivity index (χ0) is 15.4. The Morgan fingerprint density at radius 2 is 1.86 bits per heavy atom. The molecule has 0 amide bonds. The second-order valence-corrected chi connectivity index (χ2v) is 4.58. The largest absolute Gasteiger partial charge is 0.466 e. The molecule has 1 aromatic heterocycles. The first-order valence-corrected chi connectivity index (χ1v) is 6.49. The van der Waals surface area contributed by atoms with Crippen LogP contribution in [0.4, 0.5) is 0 Å².